The Morgan fingerprint density at radius 3 is 2.07 bits per heavy atom. The Labute approximate surface area is 255 Å². The Kier molecular flexibility index (Phi) is 11.6. The molecule has 0 aromatic heterocycles. The molecule has 0 spiro atoms. The highest BCUT2D eigenvalue weighted by molar-refractivity contribution is 5.78. The minimum atomic E-state index is -0.408. The molecule has 7 heteroatoms. The van der Waals surface area contributed by atoms with Gasteiger partial charge >= 0.3 is 5.97 Å². The Morgan fingerprint density at radius 1 is 0.860 bits per heavy atom. The van der Waals surface area contributed by atoms with E-state index in [0.29, 0.717) is 31.2 Å². The van der Waals surface area contributed by atoms with Crippen LogP contribution < -0.4 is 9.47 Å². The van der Waals surface area contributed by atoms with E-state index in [4.69, 9.17) is 14.2 Å². The SMILES string of the molecule is CCC(CC(CC(C)c1ccc(OC(C)=O)cc1)c1ccc(O)cc1)c1ccc(OC(C)OCCN2CCCC2=O)cc1. The molecular weight excluding hydrogens is 542 g/mol. The van der Waals surface area contributed by atoms with E-state index in [1.165, 1.54) is 23.6 Å². The lowest BCUT2D eigenvalue weighted by Gasteiger charge is -2.27. The molecule has 230 valence electrons. The fourth-order valence-electron chi connectivity index (χ4n) is 5.90. The van der Waals surface area contributed by atoms with E-state index in [2.05, 4.69) is 26.0 Å². The molecule has 4 unspecified atom stereocenters. The number of rotatable bonds is 15. The number of hydrogen-bond acceptors (Lipinski definition) is 6. The van der Waals surface area contributed by atoms with Gasteiger partial charge in [0.05, 0.1) is 6.61 Å². The molecule has 0 aliphatic carbocycles. The van der Waals surface area contributed by atoms with E-state index in [9.17, 15) is 14.7 Å². The van der Waals surface area contributed by atoms with E-state index >= 15 is 0 Å². The van der Waals surface area contributed by atoms with Gasteiger partial charge in [-0.2, -0.15) is 0 Å². The average molecular weight is 588 g/mol. The van der Waals surface area contributed by atoms with Crippen LogP contribution in [0, 0.1) is 0 Å². The van der Waals surface area contributed by atoms with Gasteiger partial charge in [-0.1, -0.05) is 50.2 Å². The molecule has 1 aliphatic rings. The number of aromatic hydroxyl groups is 1. The van der Waals surface area contributed by atoms with Crippen molar-refractivity contribution in [3.05, 3.63) is 89.5 Å². The number of esters is 1. The molecule has 0 saturated carbocycles. The summed E-state index contributed by atoms with van der Waals surface area (Å²) in [6.07, 6.45) is 4.05. The molecule has 4 rings (SSSR count). The number of phenolic OH excluding ortho intramolecular Hbond substituents is 1. The van der Waals surface area contributed by atoms with Crippen molar-refractivity contribution in [2.24, 2.45) is 0 Å². The van der Waals surface area contributed by atoms with Crippen molar-refractivity contribution in [2.75, 3.05) is 19.7 Å². The van der Waals surface area contributed by atoms with Crippen LogP contribution in [0.1, 0.15) is 94.2 Å². The number of amides is 1. The number of phenols is 1. The van der Waals surface area contributed by atoms with Crippen LogP contribution in [0.2, 0.25) is 0 Å². The third-order valence-electron chi connectivity index (χ3n) is 8.31. The van der Waals surface area contributed by atoms with Crippen molar-refractivity contribution in [3.8, 4) is 17.2 Å². The number of likely N-dealkylation sites (tertiary alicyclic amines) is 1. The Bertz CT molecular complexity index is 1310. The normalized spacial score (nSPS) is 16.0. The van der Waals surface area contributed by atoms with Gasteiger partial charge in [-0.05, 0) is 103 Å². The van der Waals surface area contributed by atoms with Gasteiger partial charge in [0.2, 0.25) is 5.91 Å². The Balaban J connectivity index is 1.39. The molecule has 1 heterocycles. The van der Waals surface area contributed by atoms with Crippen LogP contribution in [-0.2, 0) is 14.3 Å². The van der Waals surface area contributed by atoms with Crippen LogP contribution in [0.3, 0.4) is 0 Å². The van der Waals surface area contributed by atoms with Gasteiger partial charge in [-0.25, -0.2) is 0 Å². The van der Waals surface area contributed by atoms with Crippen LogP contribution in [0.5, 0.6) is 17.2 Å². The number of hydrogen-bond donors (Lipinski definition) is 1. The third-order valence-corrected chi connectivity index (χ3v) is 8.31. The maximum Gasteiger partial charge on any atom is 0.308 e. The van der Waals surface area contributed by atoms with Gasteiger partial charge in [0.1, 0.15) is 17.2 Å². The topological polar surface area (TPSA) is 85.3 Å². The minimum absolute atomic E-state index is 0.204. The molecular formula is C36H45NO6. The second-order valence-electron chi connectivity index (χ2n) is 11.5. The molecule has 0 radical (unpaired) electrons. The second-order valence-corrected chi connectivity index (χ2v) is 11.5. The van der Waals surface area contributed by atoms with Crippen molar-refractivity contribution >= 4 is 11.9 Å². The Hall–Kier alpha value is -3.84. The summed E-state index contributed by atoms with van der Waals surface area (Å²) in [4.78, 5) is 24.9. The summed E-state index contributed by atoms with van der Waals surface area (Å²) in [7, 11) is 0. The zero-order valence-corrected chi connectivity index (χ0v) is 25.8. The molecule has 7 nitrogen and oxygen atoms in total. The maximum atomic E-state index is 11.8. The molecule has 1 fully saturated rings. The predicted molar refractivity (Wildman–Crippen MR) is 168 cm³/mol. The lowest BCUT2D eigenvalue weighted by Crippen LogP contribution is -2.30. The first-order valence-corrected chi connectivity index (χ1v) is 15.4. The molecule has 3 aromatic carbocycles. The van der Waals surface area contributed by atoms with E-state index in [-0.39, 0.29) is 29.5 Å². The molecule has 3 aromatic rings. The van der Waals surface area contributed by atoms with Gasteiger partial charge in [-0.15, -0.1) is 0 Å². The van der Waals surface area contributed by atoms with Gasteiger partial charge in [-0.3, -0.25) is 9.59 Å². The first-order chi connectivity index (χ1) is 20.7. The van der Waals surface area contributed by atoms with Gasteiger partial charge in [0.15, 0.2) is 6.29 Å². The number of carbonyl (C=O) groups excluding carboxylic acids is 2. The maximum absolute atomic E-state index is 11.8. The van der Waals surface area contributed by atoms with E-state index < -0.39 is 6.29 Å². The molecule has 43 heavy (non-hydrogen) atoms. The fourth-order valence-corrected chi connectivity index (χ4v) is 5.90. The second kappa shape index (κ2) is 15.6. The van der Waals surface area contributed by atoms with Gasteiger partial charge in [0, 0.05) is 26.4 Å². The molecule has 1 N–H and O–H groups in total. The van der Waals surface area contributed by atoms with Gasteiger partial charge < -0.3 is 24.2 Å². The molecule has 1 aliphatic heterocycles. The van der Waals surface area contributed by atoms with Crippen molar-refractivity contribution in [1.29, 1.82) is 0 Å². The first kappa shape index (κ1) is 32.1. The molecule has 4 atom stereocenters. The third kappa shape index (κ3) is 9.58. The number of ether oxygens (including phenoxy) is 3. The first-order valence-electron chi connectivity index (χ1n) is 15.4. The van der Waals surface area contributed by atoms with E-state index in [0.717, 1.165) is 38.0 Å². The van der Waals surface area contributed by atoms with Gasteiger partial charge in [0.25, 0.3) is 0 Å². The highest BCUT2D eigenvalue weighted by Crippen LogP contribution is 2.39. The van der Waals surface area contributed by atoms with Crippen molar-refractivity contribution < 1.29 is 28.9 Å². The standard InChI is InChI=1S/C36H45NO6/c1-5-28(30-12-18-35(19-13-30)43-27(4)41-22-21-37-20-6-7-36(37)40)24-32(31-8-14-33(39)15-9-31)23-25(2)29-10-16-34(17-11-29)42-26(3)38/h8-19,25,27-28,32,39H,5-7,20-24H2,1-4H3. The summed E-state index contributed by atoms with van der Waals surface area (Å²) >= 11 is 0. The molecule has 0 bridgehead atoms. The van der Waals surface area contributed by atoms with Crippen LogP contribution in [0.25, 0.3) is 0 Å². The highest BCUT2D eigenvalue weighted by Gasteiger charge is 2.23. The van der Waals surface area contributed by atoms with Crippen LogP contribution in [0.15, 0.2) is 72.8 Å². The summed E-state index contributed by atoms with van der Waals surface area (Å²) in [5, 5.41) is 9.92. The lowest BCUT2D eigenvalue weighted by atomic mass is 9.78. The van der Waals surface area contributed by atoms with Crippen molar-refractivity contribution in [3.63, 3.8) is 0 Å². The summed E-state index contributed by atoms with van der Waals surface area (Å²) in [5.74, 6) is 2.35. The summed E-state index contributed by atoms with van der Waals surface area (Å²) in [5.41, 5.74) is 3.66. The fraction of sp³-hybridized carbons (Fsp3) is 0.444. The minimum Gasteiger partial charge on any atom is -0.508 e. The van der Waals surface area contributed by atoms with Crippen LogP contribution in [0.4, 0.5) is 0 Å². The summed E-state index contributed by atoms with van der Waals surface area (Å²) < 4.78 is 17.0. The summed E-state index contributed by atoms with van der Waals surface area (Å²) in [6.45, 7) is 9.60. The number of nitrogens with zero attached hydrogens (tertiary/aromatic N) is 1. The smallest absolute Gasteiger partial charge is 0.308 e. The van der Waals surface area contributed by atoms with E-state index in [1.54, 1.807) is 12.1 Å². The average Bonchev–Trinajstić information content (AvgIpc) is 3.40. The largest absolute Gasteiger partial charge is 0.508 e. The zero-order chi connectivity index (χ0) is 30.8. The number of benzene rings is 3. The Morgan fingerprint density at radius 2 is 1.47 bits per heavy atom. The monoisotopic (exact) mass is 587 g/mol. The van der Waals surface area contributed by atoms with Crippen molar-refractivity contribution in [1.82, 2.24) is 4.90 Å². The molecule has 1 amide bonds. The number of carbonyl (C=O) groups is 2. The van der Waals surface area contributed by atoms with Crippen molar-refractivity contribution in [2.45, 2.75) is 83.8 Å². The quantitative estimate of drug-likeness (QED) is 0.112. The lowest BCUT2D eigenvalue weighted by molar-refractivity contribution is -0.132. The van der Waals surface area contributed by atoms with Crippen LogP contribution in [-0.4, -0.2) is 47.9 Å². The predicted octanol–water partition coefficient (Wildman–Crippen LogP) is 7.54. The molecule has 1 saturated heterocycles. The highest BCUT2D eigenvalue weighted by atomic mass is 16.7. The van der Waals surface area contributed by atoms with Crippen LogP contribution >= 0.6 is 0 Å². The summed E-state index contributed by atoms with van der Waals surface area (Å²) in [6, 6.07) is 23.6. The zero-order valence-electron chi connectivity index (χ0n) is 25.8. The van der Waals surface area contributed by atoms with E-state index in [1.807, 2.05) is 60.4 Å².